The van der Waals surface area contributed by atoms with Crippen molar-refractivity contribution < 1.29 is 18.6 Å². The first-order valence-corrected chi connectivity index (χ1v) is 23.4. The van der Waals surface area contributed by atoms with Gasteiger partial charge in [-0.3, -0.25) is 4.52 Å². The molecule has 0 aliphatic heterocycles. The Bertz CT molecular complexity index is 649. The van der Waals surface area contributed by atoms with Crippen molar-refractivity contribution in [2.75, 3.05) is 13.2 Å². The summed E-state index contributed by atoms with van der Waals surface area (Å²) >= 11 is 0. The highest BCUT2D eigenvalue weighted by Gasteiger charge is 2.23. The molecule has 0 aliphatic carbocycles. The Morgan fingerprint density at radius 3 is 1.02 bits per heavy atom. The number of phosphoric ester groups is 1. The van der Waals surface area contributed by atoms with Gasteiger partial charge in [0, 0.05) is 6.54 Å². The van der Waals surface area contributed by atoms with Crippen LogP contribution in [0.4, 0.5) is 0 Å². The predicted octanol–water partition coefficient (Wildman–Crippen LogP) is 15.3. The van der Waals surface area contributed by atoms with Gasteiger partial charge in [-0.1, -0.05) is 233 Å². The summed E-state index contributed by atoms with van der Waals surface area (Å²) in [6, 6.07) is 0. The van der Waals surface area contributed by atoms with Crippen LogP contribution in [0.3, 0.4) is 0 Å². The third kappa shape index (κ3) is 38.9. The molecule has 0 aromatic heterocycles. The summed E-state index contributed by atoms with van der Waals surface area (Å²) < 4.78 is 23.2. The summed E-state index contributed by atoms with van der Waals surface area (Å²) in [5.41, 5.74) is 2.73. The van der Waals surface area contributed by atoms with Gasteiger partial charge in [-0.25, -0.2) is 4.57 Å². The van der Waals surface area contributed by atoms with E-state index in [9.17, 15) is 9.46 Å². The van der Waals surface area contributed by atoms with Gasteiger partial charge in [0.2, 0.25) is 0 Å². The molecule has 0 heterocycles. The van der Waals surface area contributed by atoms with Crippen LogP contribution in [0.25, 0.3) is 0 Å². The zero-order valence-corrected chi connectivity index (χ0v) is 34.0. The zero-order valence-electron chi connectivity index (χ0n) is 33.1. The van der Waals surface area contributed by atoms with Crippen LogP contribution in [0.1, 0.15) is 252 Å². The Morgan fingerprint density at radius 1 is 0.438 bits per heavy atom. The van der Waals surface area contributed by atoms with E-state index < -0.39 is 7.82 Å². The normalized spacial score (nSPS) is 13.7. The average Bonchev–Trinajstić information content (AvgIpc) is 3.08. The van der Waals surface area contributed by atoms with E-state index in [4.69, 9.17) is 9.15 Å². The number of hydrogen-bond acceptors (Lipinski definition) is 4. The summed E-state index contributed by atoms with van der Waals surface area (Å²) in [6.07, 6.45) is 47.4. The van der Waals surface area contributed by atoms with E-state index in [1.165, 1.54) is 205 Å². The molecule has 0 rings (SSSR count). The predicted molar refractivity (Wildman–Crippen MR) is 212 cm³/mol. The van der Waals surface area contributed by atoms with Crippen molar-refractivity contribution in [1.29, 1.82) is 0 Å². The number of hydroxylamine groups is 1. The molecule has 48 heavy (non-hydrogen) atoms. The van der Waals surface area contributed by atoms with Gasteiger partial charge >= 0.3 is 7.82 Å². The molecule has 0 bridgehead atoms. The van der Waals surface area contributed by atoms with Gasteiger partial charge in [0.1, 0.15) is 0 Å². The van der Waals surface area contributed by atoms with Crippen molar-refractivity contribution >= 4 is 7.82 Å². The van der Waals surface area contributed by atoms with E-state index in [1.807, 2.05) is 0 Å². The summed E-state index contributed by atoms with van der Waals surface area (Å²) in [6.45, 7) is 7.74. The molecule has 0 aromatic rings. The molecule has 0 radical (unpaired) electrons. The van der Waals surface area contributed by atoms with Crippen LogP contribution in [0.15, 0.2) is 0 Å². The molecule has 0 saturated heterocycles. The number of hydrogen-bond donors (Lipinski definition) is 2. The van der Waals surface area contributed by atoms with E-state index in [0.717, 1.165) is 25.7 Å². The maximum Gasteiger partial charge on any atom is 0.488 e. The van der Waals surface area contributed by atoms with Gasteiger partial charge < -0.3 is 4.89 Å². The first kappa shape index (κ1) is 48.1. The van der Waals surface area contributed by atoms with Crippen LogP contribution in [-0.4, -0.2) is 18.0 Å². The van der Waals surface area contributed by atoms with Crippen molar-refractivity contribution in [1.82, 2.24) is 5.48 Å². The SMILES string of the molecule is CCCCCCCCCCCCCCCCCCNOP(=O)(O)OCC(CCCCCCCCCC)CCCCCCCCCCCC. The van der Waals surface area contributed by atoms with Crippen LogP contribution in [0.5, 0.6) is 0 Å². The molecule has 6 heteroatoms. The number of unbranched alkanes of at least 4 members (excludes halogenated alkanes) is 31. The first-order valence-electron chi connectivity index (χ1n) is 21.9. The minimum atomic E-state index is -4.08. The van der Waals surface area contributed by atoms with Crippen molar-refractivity contribution in [3.63, 3.8) is 0 Å². The maximum atomic E-state index is 12.6. The lowest BCUT2D eigenvalue weighted by Gasteiger charge is -2.19. The second-order valence-electron chi connectivity index (χ2n) is 15.2. The van der Waals surface area contributed by atoms with E-state index in [-0.39, 0.29) is 0 Å². The monoisotopic (exact) mass is 702 g/mol. The lowest BCUT2D eigenvalue weighted by atomic mass is 9.94. The van der Waals surface area contributed by atoms with Crippen LogP contribution in [-0.2, 0) is 13.7 Å². The van der Waals surface area contributed by atoms with Crippen molar-refractivity contribution in [3.8, 4) is 0 Å². The van der Waals surface area contributed by atoms with Gasteiger partial charge in [-0.05, 0) is 25.2 Å². The fourth-order valence-corrected chi connectivity index (χ4v) is 7.60. The van der Waals surface area contributed by atoms with Gasteiger partial charge in [0.05, 0.1) is 6.61 Å². The molecular weight excluding hydrogens is 613 g/mol. The van der Waals surface area contributed by atoms with E-state index >= 15 is 0 Å². The Balaban J connectivity index is 3.98. The molecule has 2 N–H and O–H groups in total. The molecule has 0 amide bonds. The van der Waals surface area contributed by atoms with E-state index in [1.54, 1.807) is 0 Å². The molecule has 0 saturated carbocycles. The zero-order chi connectivity index (χ0) is 35.1. The molecule has 2 unspecified atom stereocenters. The summed E-state index contributed by atoms with van der Waals surface area (Å²) in [5, 5.41) is 0. The van der Waals surface area contributed by atoms with Crippen LogP contribution < -0.4 is 5.48 Å². The Kier molecular flexibility index (Phi) is 39.9. The van der Waals surface area contributed by atoms with Gasteiger partial charge in [0.15, 0.2) is 0 Å². The lowest BCUT2D eigenvalue weighted by molar-refractivity contribution is 0.0826. The van der Waals surface area contributed by atoms with Gasteiger partial charge in [0.25, 0.3) is 0 Å². The number of nitrogens with one attached hydrogen (secondary N) is 1. The molecule has 0 aromatic carbocycles. The Morgan fingerprint density at radius 2 is 0.708 bits per heavy atom. The average molecular weight is 702 g/mol. The van der Waals surface area contributed by atoms with E-state index in [2.05, 4.69) is 26.3 Å². The minimum absolute atomic E-state index is 0.322. The van der Waals surface area contributed by atoms with Crippen LogP contribution in [0.2, 0.25) is 0 Å². The van der Waals surface area contributed by atoms with E-state index in [0.29, 0.717) is 19.1 Å². The first-order chi connectivity index (χ1) is 23.6. The highest BCUT2D eigenvalue weighted by molar-refractivity contribution is 7.47. The molecule has 0 aliphatic rings. The van der Waals surface area contributed by atoms with Crippen LogP contribution >= 0.6 is 7.82 Å². The Hall–Kier alpha value is 0.0700. The third-order valence-electron chi connectivity index (χ3n) is 10.2. The highest BCUT2D eigenvalue weighted by Crippen LogP contribution is 2.43. The fraction of sp³-hybridized carbons (Fsp3) is 1.00. The topological polar surface area (TPSA) is 67.8 Å². The number of phosphoric acid groups is 1. The van der Waals surface area contributed by atoms with Crippen molar-refractivity contribution in [3.05, 3.63) is 0 Å². The number of rotatable bonds is 42. The smallest absolute Gasteiger partial charge is 0.301 e. The quantitative estimate of drug-likeness (QED) is 0.0377. The molecule has 0 fully saturated rings. The van der Waals surface area contributed by atoms with Gasteiger partial charge in [-0.2, -0.15) is 10.1 Å². The lowest BCUT2D eigenvalue weighted by Crippen LogP contribution is -2.17. The Labute approximate surface area is 302 Å². The summed E-state index contributed by atoms with van der Waals surface area (Å²) in [7, 11) is -4.08. The van der Waals surface area contributed by atoms with Crippen molar-refractivity contribution in [2.24, 2.45) is 5.92 Å². The standard InChI is InChI=1S/C42H88NO4P/c1-4-7-10-13-16-19-21-22-23-24-25-26-28-31-34-37-40-43-47-48(44,45)46-41-42(38-35-32-29-18-15-12-9-6-3)39-36-33-30-27-20-17-14-11-8-5-2/h42-43H,4-41H2,1-3H3,(H,44,45). The largest absolute Gasteiger partial charge is 0.488 e. The fourth-order valence-electron chi connectivity index (χ4n) is 6.90. The molecule has 0 spiro atoms. The summed E-state index contributed by atoms with van der Waals surface area (Å²) in [5.74, 6) is 0.337. The maximum absolute atomic E-state index is 12.6. The second-order valence-corrected chi connectivity index (χ2v) is 16.5. The summed E-state index contributed by atoms with van der Waals surface area (Å²) in [4.78, 5) is 10.3. The third-order valence-corrected chi connectivity index (χ3v) is 11.1. The van der Waals surface area contributed by atoms with Crippen LogP contribution in [0, 0.1) is 5.92 Å². The minimum Gasteiger partial charge on any atom is -0.301 e. The molecular formula is C42H88NO4P. The van der Waals surface area contributed by atoms with Crippen molar-refractivity contribution in [2.45, 2.75) is 252 Å². The molecule has 2 atom stereocenters. The van der Waals surface area contributed by atoms with Gasteiger partial charge in [-0.15, -0.1) is 0 Å². The highest BCUT2D eigenvalue weighted by atomic mass is 31.2. The second kappa shape index (κ2) is 39.8. The molecule has 5 nitrogen and oxygen atoms in total. The molecule has 290 valence electrons.